The van der Waals surface area contributed by atoms with Gasteiger partial charge in [-0.2, -0.15) is 5.10 Å². The minimum Gasteiger partial charge on any atom is -0.481 e. The van der Waals surface area contributed by atoms with Crippen LogP contribution in [0.2, 0.25) is 0 Å². The van der Waals surface area contributed by atoms with Gasteiger partial charge in [0.1, 0.15) is 5.82 Å². The highest BCUT2D eigenvalue weighted by Gasteiger charge is 2.28. The van der Waals surface area contributed by atoms with E-state index in [9.17, 15) is 4.79 Å². The summed E-state index contributed by atoms with van der Waals surface area (Å²) in [5.41, 5.74) is 1.02. The SMILES string of the molecule is COc1cc(C(C)N[C@@H]2CCCC[C@@H]2Cc2n[nH]c(=O)n2C)ccn1. The number of methoxy groups -OCH3 is 1. The van der Waals surface area contributed by atoms with Crippen molar-refractivity contribution < 1.29 is 4.74 Å². The fourth-order valence-corrected chi connectivity index (χ4v) is 3.69. The van der Waals surface area contributed by atoms with Crippen LogP contribution in [0.25, 0.3) is 0 Å². The number of nitrogens with one attached hydrogen (secondary N) is 2. The van der Waals surface area contributed by atoms with Crippen LogP contribution < -0.4 is 15.7 Å². The molecule has 7 heteroatoms. The number of nitrogens with zero attached hydrogens (tertiary/aromatic N) is 3. The van der Waals surface area contributed by atoms with Crippen LogP contribution >= 0.6 is 0 Å². The van der Waals surface area contributed by atoms with Crippen LogP contribution in [0.1, 0.15) is 50.0 Å². The molecule has 136 valence electrons. The van der Waals surface area contributed by atoms with E-state index in [-0.39, 0.29) is 11.7 Å². The number of rotatable bonds is 6. The van der Waals surface area contributed by atoms with E-state index in [1.165, 1.54) is 18.4 Å². The van der Waals surface area contributed by atoms with Gasteiger partial charge in [0, 0.05) is 37.8 Å². The van der Waals surface area contributed by atoms with E-state index in [0.29, 0.717) is 17.8 Å². The Hall–Kier alpha value is -2.15. The van der Waals surface area contributed by atoms with Crippen molar-refractivity contribution in [3.63, 3.8) is 0 Å². The van der Waals surface area contributed by atoms with Gasteiger partial charge in [0.05, 0.1) is 7.11 Å². The average Bonchev–Trinajstić information content (AvgIpc) is 2.95. The minimum absolute atomic E-state index is 0.146. The van der Waals surface area contributed by atoms with E-state index in [4.69, 9.17) is 4.74 Å². The van der Waals surface area contributed by atoms with Crippen molar-refractivity contribution in [2.75, 3.05) is 7.11 Å². The molecule has 2 aromatic heterocycles. The van der Waals surface area contributed by atoms with Crippen LogP contribution in [-0.4, -0.2) is 32.9 Å². The van der Waals surface area contributed by atoms with Gasteiger partial charge in [-0.1, -0.05) is 12.8 Å². The van der Waals surface area contributed by atoms with Gasteiger partial charge in [-0.05, 0) is 37.3 Å². The van der Waals surface area contributed by atoms with Crippen LogP contribution in [0.15, 0.2) is 23.1 Å². The zero-order valence-electron chi connectivity index (χ0n) is 15.2. The fraction of sp³-hybridized carbons (Fsp3) is 0.611. The van der Waals surface area contributed by atoms with Gasteiger partial charge in [-0.25, -0.2) is 14.9 Å². The number of aromatic amines is 1. The van der Waals surface area contributed by atoms with Crippen LogP contribution in [0, 0.1) is 5.92 Å². The number of hydrogen-bond acceptors (Lipinski definition) is 5. The molecule has 1 aliphatic rings. The van der Waals surface area contributed by atoms with E-state index in [0.717, 1.165) is 25.1 Å². The summed E-state index contributed by atoms with van der Waals surface area (Å²) >= 11 is 0. The second-order valence-electron chi connectivity index (χ2n) is 6.88. The molecule has 0 aromatic carbocycles. The Balaban J connectivity index is 1.70. The Morgan fingerprint density at radius 3 is 2.96 bits per heavy atom. The first-order chi connectivity index (χ1) is 12.1. The molecule has 3 rings (SSSR count). The Morgan fingerprint density at radius 2 is 2.24 bits per heavy atom. The number of ether oxygens (including phenoxy) is 1. The lowest BCUT2D eigenvalue weighted by molar-refractivity contribution is 0.241. The first-order valence-corrected chi connectivity index (χ1v) is 8.94. The van der Waals surface area contributed by atoms with Crippen molar-refractivity contribution in [1.82, 2.24) is 25.1 Å². The van der Waals surface area contributed by atoms with Crippen molar-refractivity contribution in [2.24, 2.45) is 13.0 Å². The van der Waals surface area contributed by atoms with Crippen molar-refractivity contribution in [3.8, 4) is 5.88 Å². The lowest BCUT2D eigenvalue weighted by Crippen LogP contribution is -2.41. The molecule has 3 atom stereocenters. The van der Waals surface area contributed by atoms with Crippen molar-refractivity contribution >= 4 is 0 Å². The Labute approximate surface area is 147 Å². The lowest BCUT2D eigenvalue weighted by atomic mass is 9.81. The summed E-state index contributed by atoms with van der Waals surface area (Å²) < 4.78 is 6.84. The zero-order chi connectivity index (χ0) is 17.8. The molecule has 1 aliphatic carbocycles. The molecule has 7 nitrogen and oxygen atoms in total. The van der Waals surface area contributed by atoms with Gasteiger partial charge in [-0.3, -0.25) is 4.57 Å². The first kappa shape index (κ1) is 17.7. The summed E-state index contributed by atoms with van der Waals surface area (Å²) in [5, 5.41) is 10.5. The molecular weight excluding hydrogens is 318 g/mol. The number of H-pyrrole nitrogens is 1. The third-order valence-electron chi connectivity index (χ3n) is 5.26. The summed E-state index contributed by atoms with van der Waals surface area (Å²) in [6, 6.07) is 4.63. The summed E-state index contributed by atoms with van der Waals surface area (Å²) in [7, 11) is 3.41. The van der Waals surface area contributed by atoms with Gasteiger partial charge in [-0.15, -0.1) is 0 Å². The molecule has 1 fully saturated rings. The maximum atomic E-state index is 11.6. The summed E-state index contributed by atoms with van der Waals surface area (Å²) in [6.45, 7) is 2.17. The van der Waals surface area contributed by atoms with E-state index in [1.54, 1.807) is 24.9 Å². The zero-order valence-corrected chi connectivity index (χ0v) is 15.2. The second kappa shape index (κ2) is 7.82. The molecule has 25 heavy (non-hydrogen) atoms. The van der Waals surface area contributed by atoms with Gasteiger partial charge in [0.15, 0.2) is 0 Å². The van der Waals surface area contributed by atoms with Crippen LogP contribution in [0.3, 0.4) is 0 Å². The van der Waals surface area contributed by atoms with Gasteiger partial charge in [0.2, 0.25) is 5.88 Å². The molecule has 2 N–H and O–H groups in total. The quantitative estimate of drug-likeness (QED) is 0.836. The second-order valence-corrected chi connectivity index (χ2v) is 6.88. The van der Waals surface area contributed by atoms with E-state index in [2.05, 4.69) is 27.4 Å². The maximum absolute atomic E-state index is 11.6. The van der Waals surface area contributed by atoms with Gasteiger partial charge in [0.25, 0.3) is 0 Å². The third kappa shape index (κ3) is 4.10. The monoisotopic (exact) mass is 345 g/mol. The van der Waals surface area contributed by atoms with E-state index < -0.39 is 0 Å². The van der Waals surface area contributed by atoms with Crippen molar-refractivity contribution in [3.05, 3.63) is 40.2 Å². The predicted octanol–water partition coefficient (Wildman–Crippen LogP) is 1.96. The van der Waals surface area contributed by atoms with Crippen molar-refractivity contribution in [2.45, 2.75) is 51.1 Å². The molecular formula is C18H27N5O2. The number of hydrogen-bond donors (Lipinski definition) is 2. The predicted molar refractivity (Wildman–Crippen MR) is 95.6 cm³/mol. The maximum Gasteiger partial charge on any atom is 0.343 e. The number of pyridine rings is 1. The van der Waals surface area contributed by atoms with E-state index in [1.807, 2.05) is 12.1 Å². The molecule has 0 bridgehead atoms. The van der Waals surface area contributed by atoms with Crippen LogP contribution in [0.4, 0.5) is 0 Å². The Morgan fingerprint density at radius 1 is 1.44 bits per heavy atom. The van der Waals surface area contributed by atoms with Gasteiger partial charge < -0.3 is 10.1 Å². The molecule has 2 heterocycles. The molecule has 0 spiro atoms. The smallest absolute Gasteiger partial charge is 0.343 e. The fourth-order valence-electron chi connectivity index (χ4n) is 3.69. The van der Waals surface area contributed by atoms with Crippen molar-refractivity contribution in [1.29, 1.82) is 0 Å². The molecule has 0 radical (unpaired) electrons. The number of aromatic nitrogens is 4. The first-order valence-electron chi connectivity index (χ1n) is 8.94. The standard InChI is InChI=1S/C18H27N5O2/c1-12(13-8-9-19-17(11-13)25-3)20-15-7-5-4-6-14(15)10-16-21-22-18(24)23(16)2/h8-9,11-12,14-15,20H,4-7,10H2,1-3H3,(H,22,24)/t12?,14-,15-/m1/s1. The Bertz CT molecular complexity index is 754. The molecule has 0 saturated heterocycles. The molecule has 0 aliphatic heterocycles. The summed E-state index contributed by atoms with van der Waals surface area (Å²) in [4.78, 5) is 15.8. The largest absolute Gasteiger partial charge is 0.481 e. The third-order valence-corrected chi connectivity index (χ3v) is 5.26. The Kier molecular flexibility index (Phi) is 5.53. The topological polar surface area (TPSA) is 84.8 Å². The molecule has 1 unspecified atom stereocenters. The summed E-state index contributed by atoms with van der Waals surface area (Å²) in [6.07, 6.45) is 7.38. The van der Waals surface area contributed by atoms with Crippen LogP contribution in [-0.2, 0) is 13.5 Å². The lowest BCUT2D eigenvalue weighted by Gasteiger charge is -2.34. The highest BCUT2D eigenvalue weighted by molar-refractivity contribution is 5.23. The normalized spacial score (nSPS) is 21.9. The highest BCUT2D eigenvalue weighted by atomic mass is 16.5. The average molecular weight is 345 g/mol. The van der Waals surface area contributed by atoms with Crippen LogP contribution in [0.5, 0.6) is 5.88 Å². The van der Waals surface area contributed by atoms with E-state index >= 15 is 0 Å². The molecule has 0 amide bonds. The summed E-state index contributed by atoms with van der Waals surface area (Å²) in [5.74, 6) is 1.95. The van der Waals surface area contributed by atoms with Gasteiger partial charge >= 0.3 is 5.69 Å². The molecule has 1 saturated carbocycles. The molecule has 2 aromatic rings. The highest BCUT2D eigenvalue weighted by Crippen LogP contribution is 2.29. The minimum atomic E-state index is -0.146.